The second-order valence-electron chi connectivity index (χ2n) is 6.04. The molecular formula is C15H26N4O3. The highest BCUT2D eigenvalue weighted by Gasteiger charge is 2.36. The highest BCUT2D eigenvalue weighted by molar-refractivity contribution is 5.93. The molecule has 0 bridgehead atoms. The zero-order valence-electron chi connectivity index (χ0n) is 13.6. The molecule has 0 spiro atoms. The van der Waals surface area contributed by atoms with Crippen LogP contribution in [0.15, 0.2) is 6.33 Å². The van der Waals surface area contributed by atoms with E-state index in [1.807, 2.05) is 14.0 Å². The van der Waals surface area contributed by atoms with E-state index < -0.39 is 0 Å². The molecule has 1 aromatic heterocycles. The van der Waals surface area contributed by atoms with E-state index in [1.54, 1.807) is 12.0 Å². The molecule has 0 aliphatic carbocycles. The molecule has 2 atom stereocenters. The minimum absolute atomic E-state index is 0.0563. The van der Waals surface area contributed by atoms with Gasteiger partial charge in [0.1, 0.15) is 5.69 Å². The average Bonchev–Trinajstić information content (AvgIpc) is 3.10. The third kappa shape index (κ3) is 3.85. The molecule has 1 fully saturated rings. The molecule has 7 heteroatoms. The van der Waals surface area contributed by atoms with Crippen LogP contribution in [0, 0.1) is 18.8 Å². The molecule has 1 aromatic rings. The largest absolute Gasteiger partial charge is 0.396 e. The van der Waals surface area contributed by atoms with Crippen molar-refractivity contribution >= 4 is 5.91 Å². The third-order valence-corrected chi connectivity index (χ3v) is 4.35. The Kier molecular flexibility index (Phi) is 5.93. The quantitative estimate of drug-likeness (QED) is 0.739. The van der Waals surface area contributed by atoms with E-state index in [2.05, 4.69) is 14.9 Å². The number of aliphatic hydroxyl groups excluding tert-OH is 1. The predicted octanol–water partition coefficient (Wildman–Crippen LogP) is -0.0232. The number of aromatic nitrogens is 2. The van der Waals surface area contributed by atoms with Crippen LogP contribution in [-0.2, 0) is 4.74 Å². The van der Waals surface area contributed by atoms with Crippen LogP contribution in [0.4, 0.5) is 0 Å². The molecule has 0 radical (unpaired) electrons. The number of hydrogen-bond donors (Lipinski definition) is 2. The molecule has 7 nitrogen and oxygen atoms in total. The first-order valence-corrected chi connectivity index (χ1v) is 7.64. The fourth-order valence-electron chi connectivity index (χ4n) is 2.98. The topological polar surface area (TPSA) is 81.7 Å². The summed E-state index contributed by atoms with van der Waals surface area (Å²) in [5, 5.41) is 9.61. The van der Waals surface area contributed by atoms with Gasteiger partial charge in [-0.15, -0.1) is 0 Å². The van der Waals surface area contributed by atoms with E-state index in [-0.39, 0.29) is 24.3 Å². The predicted molar refractivity (Wildman–Crippen MR) is 82.7 cm³/mol. The molecule has 124 valence electrons. The number of ether oxygens (including phenoxy) is 1. The second-order valence-corrected chi connectivity index (χ2v) is 6.04. The van der Waals surface area contributed by atoms with Crippen molar-refractivity contribution in [2.45, 2.75) is 6.92 Å². The van der Waals surface area contributed by atoms with E-state index >= 15 is 0 Å². The van der Waals surface area contributed by atoms with E-state index in [0.29, 0.717) is 25.4 Å². The second kappa shape index (κ2) is 7.71. The number of carbonyl (C=O) groups is 1. The summed E-state index contributed by atoms with van der Waals surface area (Å²) in [6, 6.07) is 0. The molecule has 2 N–H and O–H groups in total. The Hall–Kier alpha value is -1.44. The van der Waals surface area contributed by atoms with Gasteiger partial charge in [-0.2, -0.15) is 0 Å². The Balaban J connectivity index is 1.97. The van der Waals surface area contributed by atoms with Crippen molar-refractivity contribution in [1.29, 1.82) is 0 Å². The first kappa shape index (κ1) is 16.9. The van der Waals surface area contributed by atoms with Gasteiger partial charge in [0, 0.05) is 51.5 Å². The van der Waals surface area contributed by atoms with Crippen LogP contribution in [0.2, 0.25) is 0 Å². The molecule has 1 aliphatic heterocycles. The van der Waals surface area contributed by atoms with Gasteiger partial charge in [-0.1, -0.05) is 0 Å². The summed E-state index contributed by atoms with van der Waals surface area (Å²) in [5.41, 5.74) is 1.26. The number of likely N-dealkylation sites (tertiary alicyclic amines) is 1. The number of imidazole rings is 1. The minimum Gasteiger partial charge on any atom is -0.396 e. The van der Waals surface area contributed by atoms with E-state index in [9.17, 15) is 9.90 Å². The number of methoxy groups -OCH3 is 1. The van der Waals surface area contributed by atoms with Crippen LogP contribution in [0.3, 0.4) is 0 Å². The van der Waals surface area contributed by atoms with Gasteiger partial charge in [0.2, 0.25) is 0 Å². The number of likely N-dealkylation sites (N-methyl/N-ethyl adjacent to an activating group) is 1. The van der Waals surface area contributed by atoms with Gasteiger partial charge in [0.25, 0.3) is 5.91 Å². The van der Waals surface area contributed by atoms with Crippen LogP contribution in [-0.4, -0.2) is 84.3 Å². The van der Waals surface area contributed by atoms with Crippen LogP contribution in [0.1, 0.15) is 16.2 Å². The van der Waals surface area contributed by atoms with Gasteiger partial charge >= 0.3 is 0 Å². The Morgan fingerprint density at radius 2 is 2.27 bits per heavy atom. The third-order valence-electron chi connectivity index (χ3n) is 4.35. The maximum Gasteiger partial charge on any atom is 0.274 e. The van der Waals surface area contributed by atoms with Crippen LogP contribution in [0.25, 0.3) is 0 Å². The SMILES string of the molecule is COCCN(C)C[C@@H]1CN(C(=O)c2nc[nH]c2C)C[C@@H]1CO. The molecule has 0 unspecified atom stereocenters. The minimum atomic E-state index is -0.0563. The number of rotatable bonds is 7. The molecule has 0 aromatic carbocycles. The van der Waals surface area contributed by atoms with Gasteiger partial charge in [-0.25, -0.2) is 4.98 Å². The van der Waals surface area contributed by atoms with Crippen molar-refractivity contribution in [2.75, 3.05) is 53.6 Å². The lowest BCUT2D eigenvalue weighted by Gasteiger charge is -2.23. The van der Waals surface area contributed by atoms with Crippen molar-refractivity contribution in [2.24, 2.45) is 11.8 Å². The summed E-state index contributed by atoms with van der Waals surface area (Å²) in [4.78, 5) is 23.5. The van der Waals surface area contributed by atoms with Crippen molar-refractivity contribution in [3.8, 4) is 0 Å². The molecule has 0 saturated carbocycles. The van der Waals surface area contributed by atoms with Gasteiger partial charge in [0.05, 0.1) is 12.9 Å². The highest BCUT2D eigenvalue weighted by Crippen LogP contribution is 2.25. The Morgan fingerprint density at radius 3 is 2.86 bits per heavy atom. The number of carbonyl (C=O) groups excluding carboxylic acids is 1. The molecule has 2 heterocycles. The van der Waals surface area contributed by atoms with Crippen molar-refractivity contribution < 1.29 is 14.6 Å². The van der Waals surface area contributed by atoms with Crippen molar-refractivity contribution in [1.82, 2.24) is 19.8 Å². The number of nitrogens with zero attached hydrogens (tertiary/aromatic N) is 3. The van der Waals surface area contributed by atoms with Crippen LogP contribution < -0.4 is 0 Å². The number of aliphatic hydroxyl groups is 1. The molecule has 1 amide bonds. The van der Waals surface area contributed by atoms with Crippen LogP contribution in [0.5, 0.6) is 0 Å². The van der Waals surface area contributed by atoms with Gasteiger partial charge in [0.15, 0.2) is 0 Å². The Labute approximate surface area is 131 Å². The zero-order chi connectivity index (χ0) is 16.1. The summed E-state index contributed by atoms with van der Waals surface area (Å²) < 4.78 is 5.08. The van der Waals surface area contributed by atoms with E-state index in [4.69, 9.17) is 4.74 Å². The first-order chi connectivity index (χ1) is 10.6. The maximum atomic E-state index is 12.5. The average molecular weight is 310 g/mol. The lowest BCUT2D eigenvalue weighted by Crippen LogP contribution is -2.34. The number of aryl methyl sites for hydroxylation is 1. The fourth-order valence-corrected chi connectivity index (χ4v) is 2.98. The molecular weight excluding hydrogens is 284 g/mol. The lowest BCUT2D eigenvalue weighted by atomic mass is 9.96. The lowest BCUT2D eigenvalue weighted by molar-refractivity contribution is 0.0772. The Bertz CT molecular complexity index is 491. The molecule has 1 saturated heterocycles. The summed E-state index contributed by atoms with van der Waals surface area (Å²) in [6.07, 6.45) is 1.54. The number of hydrogen-bond acceptors (Lipinski definition) is 5. The van der Waals surface area contributed by atoms with E-state index in [1.165, 1.54) is 6.33 Å². The van der Waals surface area contributed by atoms with Crippen molar-refractivity contribution in [3.05, 3.63) is 17.7 Å². The van der Waals surface area contributed by atoms with Gasteiger partial charge in [-0.05, 0) is 19.9 Å². The zero-order valence-corrected chi connectivity index (χ0v) is 13.6. The monoisotopic (exact) mass is 310 g/mol. The summed E-state index contributed by atoms with van der Waals surface area (Å²) in [7, 11) is 3.72. The number of nitrogens with one attached hydrogen (secondary N) is 1. The first-order valence-electron chi connectivity index (χ1n) is 7.64. The maximum absolute atomic E-state index is 12.5. The van der Waals surface area contributed by atoms with E-state index in [0.717, 1.165) is 18.8 Å². The smallest absolute Gasteiger partial charge is 0.274 e. The normalized spacial score (nSPS) is 21.8. The fraction of sp³-hybridized carbons (Fsp3) is 0.733. The molecule has 1 aliphatic rings. The summed E-state index contributed by atoms with van der Waals surface area (Å²) in [5.74, 6) is 0.336. The van der Waals surface area contributed by atoms with Crippen molar-refractivity contribution in [3.63, 3.8) is 0 Å². The summed E-state index contributed by atoms with van der Waals surface area (Å²) >= 11 is 0. The standard InChI is InChI=1S/C15H26N4O3/c1-11-14(17-10-16-11)15(21)19-7-12(13(8-19)9-20)6-18(2)4-5-22-3/h10,12-13,20H,4-9H2,1-3H3,(H,16,17)/t12-,13-/m1/s1. The number of H-pyrrole nitrogens is 1. The van der Waals surface area contributed by atoms with Gasteiger partial charge < -0.3 is 24.6 Å². The highest BCUT2D eigenvalue weighted by atomic mass is 16.5. The van der Waals surface area contributed by atoms with Gasteiger partial charge in [-0.3, -0.25) is 4.79 Å². The number of aromatic amines is 1. The summed E-state index contributed by atoms with van der Waals surface area (Å²) in [6.45, 7) is 5.57. The van der Waals surface area contributed by atoms with Crippen LogP contribution >= 0.6 is 0 Å². The molecule has 2 rings (SSSR count). The number of amides is 1. The Morgan fingerprint density at radius 1 is 1.55 bits per heavy atom. The molecule has 22 heavy (non-hydrogen) atoms.